The molecule has 0 radical (unpaired) electrons. The average molecular weight is 697 g/mol. The van der Waals surface area contributed by atoms with Gasteiger partial charge in [0.2, 0.25) is 0 Å². The second-order valence-corrected chi connectivity index (χ2v) is 11.5. The molecule has 0 aliphatic rings. The normalized spacial score (nSPS) is 10.6. The maximum absolute atomic E-state index is 15.3. The number of rotatable bonds is 6. The van der Waals surface area contributed by atoms with Crippen LogP contribution in [-0.2, 0) is 14.8 Å². The van der Waals surface area contributed by atoms with Crippen LogP contribution in [0.25, 0.3) is 11.1 Å². The second kappa shape index (κ2) is 17.3. The molecule has 1 amide bonds. The SMILES string of the molecule is CC.CC(C)(C)OC(=O)N(c1cscn1)S(=O)(=O)c1cc(Cl)c(Oc2ccccc2-c2cn[nH]c2N)cc1F.CCl.OS. The number of amides is 1. The third-order valence-electron chi connectivity index (χ3n) is 4.76. The molecule has 2 aromatic carbocycles. The number of ether oxygens (including phenoxy) is 2. The maximum Gasteiger partial charge on any atom is 0.430 e. The van der Waals surface area contributed by atoms with Crippen LogP contribution in [0.4, 0.5) is 20.8 Å². The van der Waals surface area contributed by atoms with E-state index in [9.17, 15) is 13.2 Å². The predicted octanol–water partition coefficient (Wildman–Crippen LogP) is 8.10. The first-order chi connectivity index (χ1) is 20.4. The van der Waals surface area contributed by atoms with Crippen LogP contribution in [0.2, 0.25) is 5.02 Å². The number of aromatic nitrogens is 3. The number of halogens is 3. The molecule has 0 unspecified atom stereocenters. The zero-order valence-corrected chi connectivity index (χ0v) is 28.0. The number of thiol groups is 1. The van der Waals surface area contributed by atoms with Crippen LogP contribution in [-0.4, -0.2) is 46.2 Å². The van der Waals surface area contributed by atoms with Crippen LogP contribution >= 0.6 is 47.4 Å². The Bertz CT molecular complexity index is 1570. The number of nitrogens with zero attached hydrogens (tertiary/aromatic N) is 3. The molecule has 0 bridgehead atoms. The first-order valence-electron chi connectivity index (χ1n) is 12.2. The first-order valence-corrected chi connectivity index (χ1v) is 16.1. The number of benzene rings is 2. The quantitative estimate of drug-likeness (QED) is 0.0887. The second-order valence-electron chi connectivity index (χ2n) is 8.61. The number of nitrogens with two attached hydrogens (primary N) is 1. The smallest absolute Gasteiger partial charge is 0.430 e. The molecule has 0 saturated carbocycles. The minimum absolute atomic E-state index is 0.162. The Morgan fingerprint density at radius 2 is 1.77 bits per heavy atom. The van der Waals surface area contributed by atoms with E-state index in [1.807, 2.05) is 13.8 Å². The Kier molecular flexibility index (Phi) is 15.2. The Labute approximate surface area is 269 Å². The van der Waals surface area contributed by atoms with Crippen LogP contribution in [0.3, 0.4) is 0 Å². The Morgan fingerprint density at radius 3 is 2.30 bits per heavy atom. The van der Waals surface area contributed by atoms with E-state index in [1.165, 1.54) is 23.5 Å². The summed E-state index contributed by atoms with van der Waals surface area (Å²) < 4.78 is 60.3. The zero-order chi connectivity index (χ0) is 33.0. The van der Waals surface area contributed by atoms with Gasteiger partial charge in [0.15, 0.2) is 5.82 Å². The summed E-state index contributed by atoms with van der Waals surface area (Å²) in [5.41, 5.74) is 7.30. The number of nitrogens with one attached hydrogen (secondary N) is 1. The highest BCUT2D eigenvalue weighted by molar-refractivity contribution is 7.93. The number of thiazole rings is 1. The highest BCUT2D eigenvalue weighted by Gasteiger charge is 2.38. The highest BCUT2D eigenvalue weighted by Crippen LogP contribution is 2.39. The Balaban J connectivity index is 0.00000145. The Hall–Kier alpha value is -3.08. The summed E-state index contributed by atoms with van der Waals surface area (Å²) in [6.07, 6.45) is 1.72. The average Bonchev–Trinajstić information content (AvgIpc) is 3.65. The van der Waals surface area contributed by atoms with Crippen LogP contribution in [0.15, 0.2) is 58.4 Å². The minimum atomic E-state index is -4.83. The fraction of sp³-hybridized carbons (Fsp3) is 0.269. The molecule has 0 aliphatic heterocycles. The summed E-state index contributed by atoms with van der Waals surface area (Å²) in [7, 11) is -4.83. The van der Waals surface area contributed by atoms with Crippen molar-refractivity contribution in [2.45, 2.75) is 45.1 Å². The van der Waals surface area contributed by atoms with Gasteiger partial charge in [-0.05, 0) is 45.8 Å². The van der Waals surface area contributed by atoms with Gasteiger partial charge in [0.25, 0.3) is 10.0 Å². The molecule has 236 valence electrons. The fourth-order valence-corrected chi connectivity index (χ4v) is 5.42. The molecule has 0 spiro atoms. The molecule has 0 atom stereocenters. The monoisotopic (exact) mass is 695 g/mol. The Morgan fingerprint density at radius 1 is 1.14 bits per heavy atom. The van der Waals surface area contributed by atoms with Crippen molar-refractivity contribution < 1.29 is 31.6 Å². The third-order valence-corrected chi connectivity index (χ3v) is 7.31. The molecule has 0 saturated heterocycles. The van der Waals surface area contributed by atoms with Gasteiger partial charge in [-0.25, -0.2) is 22.6 Å². The molecule has 2 heterocycles. The summed E-state index contributed by atoms with van der Waals surface area (Å²) in [4.78, 5) is 15.9. The van der Waals surface area contributed by atoms with E-state index in [0.717, 1.165) is 23.5 Å². The number of carbonyl (C=O) groups excluding carboxylic acids is 1. The van der Waals surface area contributed by atoms with E-state index >= 15 is 4.39 Å². The van der Waals surface area contributed by atoms with Crippen molar-refractivity contribution in [3.63, 3.8) is 0 Å². The largest absolute Gasteiger partial charge is 0.455 e. The molecular weight excluding hydrogens is 664 g/mol. The molecule has 11 nitrogen and oxygen atoms in total. The fourth-order valence-electron chi connectivity index (χ4n) is 3.22. The lowest BCUT2D eigenvalue weighted by atomic mass is 10.1. The summed E-state index contributed by atoms with van der Waals surface area (Å²) in [6, 6.07) is 8.43. The molecule has 0 aliphatic carbocycles. The van der Waals surface area contributed by atoms with Crippen LogP contribution in [0, 0.1) is 5.82 Å². The topological polar surface area (TPSA) is 161 Å². The molecule has 0 fully saturated rings. The number of para-hydroxylation sites is 1. The summed E-state index contributed by atoms with van der Waals surface area (Å²) in [5, 5.41) is 7.60. The van der Waals surface area contributed by atoms with E-state index in [1.54, 1.807) is 45.0 Å². The van der Waals surface area contributed by atoms with Gasteiger partial charge in [0.1, 0.15) is 33.6 Å². The van der Waals surface area contributed by atoms with Crippen LogP contribution in [0.1, 0.15) is 34.6 Å². The van der Waals surface area contributed by atoms with E-state index in [4.69, 9.17) is 31.4 Å². The number of carbonyl (C=O) groups is 1. The third kappa shape index (κ3) is 9.71. The molecule has 17 heteroatoms. The molecule has 43 heavy (non-hydrogen) atoms. The first kappa shape index (κ1) is 37.9. The number of nitrogen functional groups attached to an aromatic ring is 1. The van der Waals surface area contributed by atoms with Crippen molar-refractivity contribution >= 4 is 75.2 Å². The molecule has 2 aromatic heterocycles. The van der Waals surface area contributed by atoms with E-state index in [-0.39, 0.29) is 22.3 Å². The lowest BCUT2D eigenvalue weighted by Crippen LogP contribution is -2.41. The summed E-state index contributed by atoms with van der Waals surface area (Å²) >= 11 is 14.5. The maximum atomic E-state index is 15.3. The van der Waals surface area contributed by atoms with Gasteiger partial charge in [-0.2, -0.15) is 5.10 Å². The van der Waals surface area contributed by atoms with Crippen LogP contribution < -0.4 is 14.8 Å². The van der Waals surface area contributed by atoms with Gasteiger partial charge in [-0.1, -0.05) is 43.6 Å². The van der Waals surface area contributed by atoms with Gasteiger partial charge in [0.05, 0.1) is 16.7 Å². The van der Waals surface area contributed by atoms with E-state index in [0.29, 0.717) is 21.2 Å². The van der Waals surface area contributed by atoms with Gasteiger partial charge < -0.3 is 19.8 Å². The number of hydrogen-bond acceptors (Lipinski definition) is 11. The number of hydrogen-bond donors (Lipinski definition) is 4. The number of sulfonamides is 1. The molecule has 4 aromatic rings. The molecule has 4 rings (SSSR count). The molecule has 4 N–H and O–H groups in total. The van der Waals surface area contributed by atoms with Gasteiger partial charge in [0, 0.05) is 29.0 Å². The number of alkyl halides is 1. The summed E-state index contributed by atoms with van der Waals surface area (Å²) in [6.45, 7) is 8.69. The zero-order valence-electron chi connectivity index (χ0n) is 24.0. The van der Waals surface area contributed by atoms with Gasteiger partial charge in [-0.15, -0.1) is 27.2 Å². The lowest BCUT2D eigenvalue weighted by Gasteiger charge is -2.26. The van der Waals surface area contributed by atoms with Crippen molar-refractivity contribution in [1.82, 2.24) is 15.2 Å². The van der Waals surface area contributed by atoms with Crippen molar-refractivity contribution in [3.8, 4) is 22.6 Å². The van der Waals surface area contributed by atoms with Gasteiger partial charge in [-0.3, -0.25) is 5.10 Å². The van der Waals surface area contributed by atoms with E-state index in [2.05, 4.69) is 39.7 Å². The van der Waals surface area contributed by atoms with Crippen LogP contribution in [0.5, 0.6) is 11.5 Å². The predicted molar refractivity (Wildman–Crippen MR) is 173 cm³/mol. The van der Waals surface area contributed by atoms with Crippen molar-refractivity contribution in [1.29, 1.82) is 0 Å². The van der Waals surface area contributed by atoms with E-state index < -0.39 is 32.4 Å². The van der Waals surface area contributed by atoms with Crippen molar-refractivity contribution in [2.24, 2.45) is 0 Å². The summed E-state index contributed by atoms with van der Waals surface area (Å²) in [5.74, 6) is -1.06. The highest BCUT2D eigenvalue weighted by atomic mass is 35.5. The van der Waals surface area contributed by atoms with Crippen molar-refractivity contribution in [2.75, 3.05) is 16.4 Å². The minimum Gasteiger partial charge on any atom is -0.455 e. The number of aromatic amines is 1. The van der Waals surface area contributed by atoms with Crippen molar-refractivity contribution in [3.05, 3.63) is 64.3 Å². The lowest BCUT2D eigenvalue weighted by molar-refractivity contribution is 0.0608. The number of H-pyrrole nitrogens is 1. The standard InChI is InChI=1S/C23H21ClFN5O5S2.C2H6.CH3Cl.H2OS/c1-23(2,3)35-22(31)30(20-11-36-12-27-20)37(32,33)19-8-15(24)18(9-16(19)25)34-17-7-5-4-6-13(17)14-10-28-29-21(14)26;3*1-2/h4-12H,1-3H3,(H3,26,28,29);1-2H3;1H3;1-2H. The van der Waals surface area contributed by atoms with Gasteiger partial charge >= 0.3 is 6.09 Å². The number of anilines is 2. The molecular formula is C26H32Cl2FN5O6S3.